The number of aryl methyl sites for hydroxylation is 1. The minimum Gasteiger partial charge on any atom is -0.406 e. The van der Waals surface area contributed by atoms with Crippen LogP contribution in [0.3, 0.4) is 0 Å². The van der Waals surface area contributed by atoms with Crippen LogP contribution in [0.5, 0.6) is 5.75 Å². The molecule has 6 nitrogen and oxygen atoms in total. The van der Waals surface area contributed by atoms with Crippen LogP contribution in [-0.4, -0.2) is 34.1 Å². The number of benzene rings is 2. The Hall–Kier alpha value is -3.04. The zero-order valence-corrected chi connectivity index (χ0v) is 17.4. The Labute approximate surface area is 182 Å². The van der Waals surface area contributed by atoms with Crippen molar-refractivity contribution in [2.75, 3.05) is 17.2 Å². The molecule has 0 spiro atoms. The van der Waals surface area contributed by atoms with Gasteiger partial charge in [0.1, 0.15) is 11.6 Å². The summed E-state index contributed by atoms with van der Waals surface area (Å²) in [4.78, 5) is 8.76. The topological polar surface area (TPSA) is 79.3 Å². The number of rotatable bonds is 7. The van der Waals surface area contributed by atoms with Crippen LogP contribution in [0.4, 0.5) is 30.6 Å². The Morgan fingerprint density at radius 3 is 2.58 bits per heavy atom. The summed E-state index contributed by atoms with van der Waals surface area (Å²) in [6, 6.07) is 12.1. The normalized spacial score (nSPS) is 12.4. The number of hydrogen-bond donors (Lipinski definition) is 3. The number of nitrogens with one attached hydrogen (secondary N) is 2. The SMILES string of the molecule is Cc1cc(Nc2cc(-c3cccc(OC(F)(F)F)c3)nc(N[C@H](C)CO)n2)ccc1Cl. The smallest absolute Gasteiger partial charge is 0.406 e. The van der Waals surface area contributed by atoms with Gasteiger partial charge in [0.25, 0.3) is 0 Å². The number of halogens is 4. The fraction of sp³-hybridized carbons (Fsp3) is 0.238. The van der Waals surface area contributed by atoms with Gasteiger partial charge in [-0.1, -0.05) is 23.7 Å². The summed E-state index contributed by atoms with van der Waals surface area (Å²) in [5.41, 5.74) is 2.36. The molecule has 0 aliphatic carbocycles. The van der Waals surface area contributed by atoms with Crippen molar-refractivity contribution in [1.29, 1.82) is 0 Å². The number of nitrogens with zero attached hydrogens (tertiary/aromatic N) is 2. The number of alkyl halides is 3. The van der Waals surface area contributed by atoms with E-state index in [4.69, 9.17) is 11.6 Å². The molecule has 0 fully saturated rings. The van der Waals surface area contributed by atoms with Gasteiger partial charge in [-0.2, -0.15) is 4.98 Å². The van der Waals surface area contributed by atoms with E-state index in [2.05, 4.69) is 25.3 Å². The lowest BCUT2D eigenvalue weighted by Gasteiger charge is -2.15. The van der Waals surface area contributed by atoms with Gasteiger partial charge in [-0.15, -0.1) is 13.2 Å². The molecular weight excluding hydrogens is 433 g/mol. The summed E-state index contributed by atoms with van der Waals surface area (Å²) < 4.78 is 41.8. The van der Waals surface area contributed by atoms with Crippen molar-refractivity contribution in [3.05, 3.63) is 59.1 Å². The molecule has 3 N–H and O–H groups in total. The highest BCUT2D eigenvalue weighted by atomic mass is 35.5. The number of ether oxygens (including phenoxy) is 1. The average Bonchev–Trinajstić information content (AvgIpc) is 2.69. The van der Waals surface area contributed by atoms with Crippen molar-refractivity contribution >= 4 is 29.1 Å². The molecule has 0 unspecified atom stereocenters. The van der Waals surface area contributed by atoms with Gasteiger partial charge in [0.2, 0.25) is 5.95 Å². The molecule has 0 saturated carbocycles. The number of hydrogen-bond acceptors (Lipinski definition) is 6. The molecule has 0 aliphatic heterocycles. The first kappa shape index (κ1) is 22.6. The van der Waals surface area contributed by atoms with Crippen LogP contribution >= 0.6 is 11.6 Å². The molecule has 0 radical (unpaired) electrons. The maximum absolute atomic E-state index is 12.6. The Morgan fingerprint density at radius 1 is 1.13 bits per heavy atom. The van der Waals surface area contributed by atoms with Gasteiger partial charge in [-0.05, 0) is 49.7 Å². The van der Waals surface area contributed by atoms with Crippen LogP contribution < -0.4 is 15.4 Å². The molecule has 1 aromatic heterocycles. The molecule has 1 atom stereocenters. The van der Waals surface area contributed by atoms with Crippen LogP contribution in [0, 0.1) is 6.92 Å². The number of aliphatic hydroxyl groups excluding tert-OH is 1. The van der Waals surface area contributed by atoms with E-state index in [0.29, 0.717) is 22.1 Å². The van der Waals surface area contributed by atoms with Crippen LogP contribution in [0.15, 0.2) is 48.5 Å². The lowest BCUT2D eigenvalue weighted by Crippen LogP contribution is -2.21. The van der Waals surface area contributed by atoms with Gasteiger partial charge in [-0.25, -0.2) is 4.98 Å². The third kappa shape index (κ3) is 6.47. The van der Waals surface area contributed by atoms with Crippen LogP contribution in [0.25, 0.3) is 11.3 Å². The van der Waals surface area contributed by atoms with Crippen molar-refractivity contribution in [3.8, 4) is 17.0 Å². The third-order valence-corrected chi connectivity index (χ3v) is 4.59. The second-order valence-corrected chi connectivity index (χ2v) is 7.26. The first-order valence-corrected chi connectivity index (χ1v) is 9.66. The van der Waals surface area contributed by atoms with Gasteiger partial charge in [0.05, 0.1) is 12.3 Å². The summed E-state index contributed by atoms with van der Waals surface area (Å²) in [7, 11) is 0. The van der Waals surface area contributed by atoms with E-state index in [0.717, 1.165) is 11.3 Å². The van der Waals surface area contributed by atoms with Crippen LogP contribution in [0.2, 0.25) is 5.02 Å². The maximum atomic E-state index is 12.6. The summed E-state index contributed by atoms with van der Waals surface area (Å²) in [5.74, 6) is 0.251. The second kappa shape index (κ2) is 9.40. The fourth-order valence-electron chi connectivity index (χ4n) is 2.71. The Balaban J connectivity index is 1.99. The molecule has 0 saturated heterocycles. The molecule has 1 heterocycles. The predicted molar refractivity (Wildman–Crippen MR) is 114 cm³/mol. The largest absolute Gasteiger partial charge is 0.573 e. The maximum Gasteiger partial charge on any atom is 0.573 e. The zero-order valence-electron chi connectivity index (χ0n) is 16.7. The van der Waals surface area contributed by atoms with Crippen LogP contribution in [0.1, 0.15) is 12.5 Å². The van der Waals surface area contributed by atoms with Crippen molar-refractivity contribution in [1.82, 2.24) is 9.97 Å². The lowest BCUT2D eigenvalue weighted by molar-refractivity contribution is -0.274. The molecular formula is C21H20ClF3N4O2. The van der Waals surface area contributed by atoms with E-state index in [9.17, 15) is 18.3 Å². The van der Waals surface area contributed by atoms with E-state index in [1.54, 1.807) is 31.2 Å². The van der Waals surface area contributed by atoms with E-state index in [1.807, 2.05) is 13.0 Å². The van der Waals surface area contributed by atoms with E-state index in [1.165, 1.54) is 18.2 Å². The Morgan fingerprint density at radius 2 is 1.90 bits per heavy atom. The van der Waals surface area contributed by atoms with Gasteiger partial charge >= 0.3 is 6.36 Å². The quantitative estimate of drug-likeness (QED) is 0.437. The minimum atomic E-state index is -4.80. The third-order valence-electron chi connectivity index (χ3n) is 4.17. The first-order chi connectivity index (χ1) is 14.6. The van der Waals surface area contributed by atoms with Gasteiger partial charge in [0.15, 0.2) is 0 Å². The predicted octanol–water partition coefficient (Wildman–Crippen LogP) is 5.54. The molecule has 31 heavy (non-hydrogen) atoms. The summed E-state index contributed by atoms with van der Waals surface area (Å²) >= 11 is 6.07. The molecule has 3 rings (SSSR count). The Kier molecular flexibility index (Phi) is 6.87. The van der Waals surface area contributed by atoms with Crippen molar-refractivity contribution < 1.29 is 23.0 Å². The van der Waals surface area contributed by atoms with E-state index in [-0.39, 0.29) is 24.3 Å². The molecule has 0 bridgehead atoms. The Bertz CT molecular complexity index is 1060. The molecule has 10 heteroatoms. The number of anilines is 3. The highest BCUT2D eigenvalue weighted by Crippen LogP contribution is 2.30. The average molecular weight is 453 g/mol. The molecule has 2 aromatic carbocycles. The van der Waals surface area contributed by atoms with Crippen molar-refractivity contribution in [2.45, 2.75) is 26.3 Å². The van der Waals surface area contributed by atoms with Gasteiger partial charge < -0.3 is 20.5 Å². The standard InChI is InChI=1S/C21H20ClF3N4O2/c1-12-8-15(6-7-17(12)22)27-19-10-18(28-20(29-19)26-13(2)11-30)14-4-3-5-16(9-14)31-21(23,24)25/h3-10,13,30H,11H2,1-2H3,(H2,26,27,28,29)/t13-/m1/s1. The van der Waals surface area contributed by atoms with Crippen molar-refractivity contribution in [3.63, 3.8) is 0 Å². The molecule has 3 aromatic rings. The lowest BCUT2D eigenvalue weighted by atomic mass is 10.1. The first-order valence-electron chi connectivity index (χ1n) is 9.29. The minimum absolute atomic E-state index is 0.151. The zero-order chi connectivity index (χ0) is 22.6. The molecule has 0 aliphatic rings. The van der Waals surface area contributed by atoms with Crippen molar-refractivity contribution in [2.24, 2.45) is 0 Å². The van der Waals surface area contributed by atoms with E-state index < -0.39 is 6.36 Å². The van der Waals surface area contributed by atoms with Gasteiger partial charge in [0, 0.05) is 28.4 Å². The second-order valence-electron chi connectivity index (χ2n) is 6.85. The number of aliphatic hydroxyl groups is 1. The number of aromatic nitrogens is 2. The summed E-state index contributed by atoms with van der Waals surface area (Å²) in [6.45, 7) is 3.45. The van der Waals surface area contributed by atoms with Crippen LogP contribution in [-0.2, 0) is 0 Å². The highest BCUT2D eigenvalue weighted by molar-refractivity contribution is 6.31. The molecule has 164 valence electrons. The summed E-state index contributed by atoms with van der Waals surface area (Å²) in [5, 5.41) is 16.0. The summed E-state index contributed by atoms with van der Waals surface area (Å²) in [6.07, 6.45) is -4.80. The van der Waals surface area contributed by atoms with Gasteiger partial charge in [-0.3, -0.25) is 0 Å². The molecule has 0 amide bonds. The monoisotopic (exact) mass is 452 g/mol. The highest BCUT2D eigenvalue weighted by Gasteiger charge is 2.31. The van der Waals surface area contributed by atoms with E-state index >= 15 is 0 Å². The fourth-order valence-corrected chi connectivity index (χ4v) is 2.83.